The van der Waals surface area contributed by atoms with Gasteiger partial charge in [-0.25, -0.2) is 9.18 Å². The highest BCUT2D eigenvalue weighted by atomic mass is 19.1. The zero-order valence-corrected chi connectivity index (χ0v) is 13.5. The number of carbonyl (C=O) groups excluding carboxylic acids is 1. The topological polar surface area (TPSA) is 70.6 Å². The van der Waals surface area contributed by atoms with Gasteiger partial charge in [-0.3, -0.25) is 0 Å². The Morgan fingerprint density at radius 2 is 1.79 bits per heavy atom. The zero-order valence-electron chi connectivity index (χ0n) is 13.5. The molecule has 0 saturated carbocycles. The van der Waals surface area contributed by atoms with Crippen LogP contribution in [0.25, 0.3) is 0 Å². The molecule has 2 aromatic rings. The van der Waals surface area contributed by atoms with Crippen LogP contribution in [0.3, 0.4) is 0 Å². The molecule has 0 aliphatic heterocycles. The predicted molar refractivity (Wildman–Crippen MR) is 88.8 cm³/mol. The van der Waals surface area contributed by atoms with Gasteiger partial charge in [0.15, 0.2) is 0 Å². The van der Waals surface area contributed by atoms with E-state index in [1.165, 1.54) is 19.2 Å². The number of carbonyl (C=O) groups is 1. The minimum Gasteiger partial charge on any atom is -0.392 e. The lowest BCUT2D eigenvalue weighted by molar-refractivity contribution is 0.104. The molecule has 1 atom stereocenters. The SMILES string of the molecule is COC(CNC(=O)NCc1ccccc1CO)c1ccc(F)cc1. The summed E-state index contributed by atoms with van der Waals surface area (Å²) in [7, 11) is 1.53. The van der Waals surface area contributed by atoms with Crippen LogP contribution < -0.4 is 10.6 Å². The molecule has 2 aromatic carbocycles. The quantitative estimate of drug-likeness (QED) is 0.729. The molecular formula is C18H21FN2O3. The van der Waals surface area contributed by atoms with Crippen LogP contribution in [0, 0.1) is 5.82 Å². The lowest BCUT2D eigenvalue weighted by Gasteiger charge is -2.17. The van der Waals surface area contributed by atoms with E-state index < -0.39 is 0 Å². The summed E-state index contributed by atoms with van der Waals surface area (Å²) in [5, 5.41) is 14.7. The molecule has 0 aromatic heterocycles. The summed E-state index contributed by atoms with van der Waals surface area (Å²) in [6.07, 6.45) is -0.360. The normalized spacial score (nSPS) is 11.8. The third-order valence-electron chi connectivity index (χ3n) is 3.70. The number of hydrogen-bond donors (Lipinski definition) is 3. The third kappa shape index (κ3) is 5.04. The van der Waals surface area contributed by atoms with Crippen LogP contribution in [-0.2, 0) is 17.9 Å². The summed E-state index contributed by atoms with van der Waals surface area (Å²) in [5.41, 5.74) is 2.42. The van der Waals surface area contributed by atoms with Gasteiger partial charge in [0.1, 0.15) is 5.82 Å². The number of methoxy groups -OCH3 is 1. The molecule has 3 N–H and O–H groups in total. The maximum Gasteiger partial charge on any atom is 0.315 e. The molecule has 2 amide bonds. The van der Waals surface area contributed by atoms with Crippen LogP contribution in [0.15, 0.2) is 48.5 Å². The van der Waals surface area contributed by atoms with Crippen molar-refractivity contribution in [2.24, 2.45) is 0 Å². The first-order valence-corrected chi connectivity index (χ1v) is 7.61. The van der Waals surface area contributed by atoms with Crippen molar-refractivity contribution in [2.45, 2.75) is 19.3 Å². The van der Waals surface area contributed by atoms with Crippen molar-refractivity contribution in [1.29, 1.82) is 0 Å². The number of urea groups is 1. The lowest BCUT2D eigenvalue weighted by atomic mass is 10.1. The second-order valence-corrected chi connectivity index (χ2v) is 5.27. The van der Waals surface area contributed by atoms with E-state index in [4.69, 9.17) is 4.74 Å². The monoisotopic (exact) mass is 332 g/mol. The maximum atomic E-state index is 13.0. The minimum atomic E-state index is -0.360. The highest BCUT2D eigenvalue weighted by Gasteiger charge is 2.12. The number of aliphatic hydroxyl groups is 1. The Kier molecular flexibility index (Phi) is 6.72. The lowest BCUT2D eigenvalue weighted by Crippen LogP contribution is -2.37. The van der Waals surface area contributed by atoms with Crippen LogP contribution in [-0.4, -0.2) is 24.8 Å². The molecule has 0 aliphatic carbocycles. The number of aliphatic hydroxyl groups excluding tert-OH is 1. The zero-order chi connectivity index (χ0) is 17.4. The Bertz CT molecular complexity index is 662. The van der Waals surface area contributed by atoms with Crippen LogP contribution in [0.4, 0.5) is 9.18 Å². The highest BCUT2D eigenvalue weighted by Crippen LogP contribution is 2.16. The molecule has 128 valence electrons. The first-order chi connectivity index (χ1) is 11.6. The summed E-state index contributed by atoms with van der Waals surface area (Å²) in [4.78, 5) is 11.9. The van der Waals surface area contributed by atoms with Gasteiger partial charge in [0.25, 0.3) is 0 Å². The van der Waals surface area contributed by atoms with Gasteiger partial charge in [-0.05, 0) is 28.8 Å². The van der Waals surface area contributed by atoms with E-state index in [1.807, 2.05) is 24.3 Å². The second-order valence-electron chi connectivity index (χ2n) is 5.27. The second kappa shape index (κ2) is 9.00. The summed E-state index contributed by atoms with van der Waals surface area (Å²) >= 11 is 0. The van der Waals surface area contributed by atoms with Crippen molar-refractivity contribution in [3.8, 4) is 0 Å². The van der Waals surface area contributed by atoms with E-state index in [0.29, 0.717) is 6.54 Å². The number of ether oxygens (including phenoxy) is 1. The van der Waals surface area contributed by atoms with E-state index >= 15 is 0 Å². The molecule has 0 saturated heterocycles. The van der Waals surface area contributed by atoms with E-state index in [1.54, 1.807) is 12.1 Å². The molecule has 0 aliphatic rings. The molecule has 0 heterocycles. The van der Waals surface area contributed by atoms with E-state index in [-0.39, 0.29) is 31.1 Å². The van der Waals surface area contributed by atoms with Gasteiger partial charge in [0, 0.05) is 20.2 Å². The standard InChI is InChI=1S/C18H21FN2O3/c1-24-17(13-6-8-16(19)9-7-13)11-21-18(23)20-10-14-4-2-3-5-15(14)12-22/h2-9,17,22H,10-12H2,1H3,(H2,20,21,23). The summed E-state index contributed by atoms with van der Waals surface area (Å²) in [5.74, 6) is -0.318. The van der Waals surface area contributed by atoms with Gasteiger partial charge in [0.05, 0.1) is 12.7 Å². The molecule has 1 unspecified atom stereocenters. The number of amides is 2. The van der Waals surface area contributed by atoms with Crippen molar-refractivity contribution in [3.05, 3.63) is 71.0 Å². The van der Waals surface area contributed by atoms with Crippen LogP contribution in [0.1, 0.15) is 22.8 Å². The molecular weight excluding hydrogens is 311 g/mol. The Morgan fingerprint density at radius 3 is 2.42 bits per heavy atom. The number of rotatable bonds is 7. The van der Waals surface area contributed by atoms with Gasteiger partial charge in [-0.15, -0.1) is 0 Å². The highest BCUT2D eigenvalue weighted by molar-refractivity contribution is 5.73. The van der Waals surface area contributed by atoms with Crippen molar-refractivity contribution >= 4 is 6.03 Å². The Balaban J connectivity index is 1.84. The molecule has 0 spiro atoms. The molecule has 0 bridgehead atoms. The fourth-order valence-corrected chi connectivity index (χ4v) is 2.32. The molecule has 0 fully saturated rings. The fourth-order valence-electron chi connectivity index (χ4n) is 2.32. The number of nitrogens with one attached hydrogen (secondary N) is 2. The van der Waals surface area contributed by atoms with Gasteiger partial charge >= 0.3 is 6.03 Å². The molecule has 24 heavy (non-hydrogen) atoms. The molecule has 5 nitrogen and oxygen atoms in total. The van der Waals surface area contributed by atoms with Gasteiger partial charge in [-0.2, -0.15) is 0 Å². The third-order valence-corrected chi connectivity index (χ3v) is 3.70. The molecule has 6 heteroatoms. The predicted octanol–water partition coefficient (Wildman–Crippen LogP) is 2.50. The van der Waals surface area contributed by atoms with Crippen LogP contribution in [0.5, 0.6) is 0 Å². The number of halogens is 1. The van der Waals surface area contributed by atoms with Crippen LogP contribution >= 0.6 is 0 Å². The fraction of sp³-hybridized carbons (Fsp3) is 0.278. The van der Waals surface area contributed by atoms with Gasteiger partial charge in [0.2, 0.25) is 0 Å². The number of hydrogen-bond acceptors (Lipinski definition) is 3. The maximum absolute atomic E-state index is 13.0. The first-order valence-electron chi connectivity index (χ1n) is 7.61. The average molecular weight is 332 g/mol. The molecule has 2 rings (SSSR count). The smallest absolute Gasteiger partial charge is 0.315 e. The van der Waals surface area contributed by atoms with Crippen molar-refractivity contribution in [1.82, 2.24) is 10.6 Å². The van der Waals surface area contributed by atoms with Crippen molar-refractivity contribution < 1.29 is 19.0 Å². The first kappa shape index (κ1) is 17.9. The Labute approximate surface area is 140 Å². The largest absolute Gasteiger partial charge is 0.392 e. The molecule has 0 radical (unpaired) electrons. The summed E-state index contributed by atoms with van der Waals surface area (Å²) < 4.78 is 18.3. The van der Waals surface area contributed by atoms with Gasteiger partial charge < -0.3 is 20.5 Å². The summed E-state index contributed by atoms with van der Waals surface area (Å²) in [6, 6.07) is 13.0. The van der Waals surface area contributed by atoms with E-state index in [9.17, 15) is 14.3 Å². The number of benzene rings is 2. The Hall–Kier alpha value is -2.44. The van der Waals surface area contributed by atoms with Crippen molar-refractivity contribution in [2.75, 3.05) is 13.7 Å². The van der Waals surface area contributed by atoms with E-state index in [0.717, 1.165) is 16.7 Å². The summed E-state index contributed by atoms with van der Waals surface area (Å²) in [6.45, 7) is 0.502. The van der Waals surface area contributed by atoms with E-state index in [2.05, 4.69) is 10.6 Å². The Morgan fingerprint density at radius 1 is 1.12 bits per heavy atom. The van der Waals surface area contributed by atoms with Crippen LogP contribution in [0.2, 0.25) is 0 Å². The average Bonchev–Trinajstić information content (AvgIpc) is 2.62. The van der Waals surface area contributed by atoms with Gasteiger partial charge in [-0.1, -0.05) is 36.4 Å². The van der Waals surface area contributed by atoms with Crippen molar-refractivity contribution in [3.63, 3.8) is 0 Å². The minimum absolute atomic E-state index is 0.0736.